The van der Waals surface area contributed by atoms with Crippen LogP contribution in [0.5, 0.6) is 23.0 Å². The van der Waals surface area contributed by atoms with E-state index in [1.165, 1.54) is 12.1 Å². The van der Waals surface area contributed by atoms with Gasteiger partial charge in [-0.15, -0.1) is 0 Å². The van der Waals surface area contributed by atoms with Gasteiger partial charge in [0.05, 0.1) is 11.1 Å². The third-order valence-corrected chi connectivity index (χ3v) is 4.65. The van der Waals surface area contributed by atoms with Gasteiger partial charge in [-0.05, 0) is 66.7 Å². The molecule has 0 aromatic heterocycles. The molecule has 0 atom stereocenters. The highest BCUT2D eigenvalue weighted by molar-refractivity contribution is 6.10. The van der Waals surface area contributed by atoms with Gasteiger partial charge < -0.3 is 20.3 Å². The molecule has 6 nitrogen and oxygen atoms in total. The van der Waals surface area contributed by atoms with Gasteiger partial charge in [0, 0.05) is 17.3 Å². The number of ketones is 1. The maximum atomic E-state index is 13.1. The fourth-order valence-corrected chi connectivity index (χ4v) is 3.11. The number of carbonyl (C=O) groups is 2. The smallest absolute Gasteiger partial charge is 0.335 e. The maximum Gasteiger partial charge on any atom is 0.335 e. The van der Waals surface area contributed by atoms with Crippen LogP contribution in [0.2, 0.25) is 0 Å². The molecule has 0 aliphatic heterocycles. The summed E-state index contributed by atoms with van der Waals surface area (Å²) in [4.78, 5) is 24.2. The number of ether oxygens (including phenoxy) is 2. The minimum Gasteiger partial charge on any atom is -0.478 e. The molecule has 3 N–H and O–H groups in total. The van der Waals surface area contributed by atoms with Crippen molar-refractivity contribution in [3.8, 4) is 23.0 Å². The lowest BCUT2D eigenvalue weighted by Gasteiger charge is -2.11. The predicted molar refractivity (Wildman–Crippen MR) is 121 cm³/mol. The first-order valence-corrected chi connectivity index (χ1v) is 9.78. The summed E-state index contributed by atoms with van der Waals surface area (Å²) in [7, 11) is 0. The summed E-state index contributed by atoms with van der Waals surface area (Å²) >= 11 is 0. The van der Waals surface area contributed by atoms with E-state index in [1.807, 2.05) is 0 Å². The number of nitrogen functional groups attached to an aromatic ring is 1. The first-order chi connectivity index (χ1) is 15.5. The number of hydrogen-bond acceptors (Lipinski definition) is 5. The van der Waals surface area contributed by atoms with E-state index in [2.05, 4.69) is 0 Å². The minimum absolute atomic E-state index is 0.131. The van der Waals surface area contributed by atoms with Gasteiger partial charge in [0.15, 0.2) is 5.78 Å². The molecule has 0 radical (unpaired) electrons. The van der Waals surface area contributed by atoms with Crippen molar-refractivity contribution in [3.05, 3.63) is 114 Å². The van der Waals surface area contributed by atoms with Crippen molar-refractivity contribution >= 4 is 17.4 Å². The fourth-order valence-electron chi connectivity index (χ4n) is 3.11. The van der Waals surface area contributed by atoms with Crippen LogP contribution in [-0.4, -0.2) is 16.9 Å². The molecule has 4 aromatic carbocycles. The van der Waals surface area contributed by atoms with Crippen LogP contribution in [0.15, 0.2) is 97.1 Å². The fraction of sp³-hybridized carbons (Fsp3) is 0. The van der Waals surface area contributed by atoms with Gasteiger partial charge in [0.2, 0.25) is 0 Å². The summed E-state index contributed by atoms with van der Waals surface area (Å²) < 4.78 is 11.6. The summed E-state index contributed by atoms with van der Waals surface area (Å²) in [6.07, 6.45) is 0. The van der Waals surface area contributed by atoms with Crippen molar-refractivity contribution in [2.75, 3.05) is 5.73 Å². The lowest BCUT2D eigenvalue weighted by Crippen LogP contribution is -2.03. The van der Waals surface area contributed by atoms with Crippen LogP contribution in [0.25, 0.3) is 0 Å². The zero-order valence-electron chi connectivity index (χ0n) is 16.9. The first-order valence-electron chi connectivity index (χ1n) is 9.78. The van der Waals surface area contributed by atoms with E-state index in [0.717, 1.165) is 0 Å². The highest BCUT2D eigenvalue weighted by Crippen LogP contribution is 2.29. The molecule has 0 heterocycles. The standard InChI is InChI=1S/C26H19NO5/c27-19-6-4-8-22(16-19)32-24-10-2-1-9-23(24)25(28)17-11-13-20(14-12-17)31-21-7-3-5-18(15-21)26(29)30/h1-16H,27H2,(H,29,30). The Balaban J connectivity index is 1.53. The number of rotatable bonds is 7. The largest absolute Gasteiger partial charge is 0.478 e. The summed E-state index contributed by atoms with van der Waals surface area (Å²) in [5, 5.41) is 9.10. The van der Waals surface area contributed by atoms with E-state index < -0.39 is 5.97 Å². The van der Waals surface area contributed by atoms with Crippen LogP contribution >= 0.6 is 0 Å². The number of carboxylic acid groups (broad SMARTS) is 1. The van der Waals surface area contributed by atoms with Crippen LogP contribution in [0.3, 0.4) is 0 Å². The second kappa shape index (κ2) is 9.06. The highest BCUT2D eigenvalue weighted by Gasteiger charge is 2.15. The molecule has 158 valence electrons. The molecule has 0 aliphatic rings. The molecule has 0 saturated carbocycles. The topological polar surface area (TPSA) is 98.9 Å². The van der Waals surface area contributed by atoms with Gasteiger partial charge in [-0.1, -0.05) is 24.3 Å². The third kappa shape index (κ3) is 4.76. The van der Waals surface area contributed by atoms with Crippen molar-refractivity contribution in [3.63, 3.8) is 0 Å². The second-order valence-electron chi connectivity index (χ2n) is 6.96. The Morgan fingerprint density at radius 1 is 0.656 bits per heavy atom. The molecule has 6 heteroatoms. The number of carboxylic acids is 1. The minimum atomic E-state index is -1.03. The van der Waals surface area contributed by atoms with Crippen molar-refractivity contribution in [2.24, 2.45) is 0 Å². The van der Waals surface area contributed by atoms with E-state index in [9.17, 15) is 9.59 Å². The van der Waals surface area contributed by atoms with Crippen molar-refractivity contribution in [1.29, 1.82) is 0 Å². The van der Waals surface area contributed by atoms with Crippen LogP contribution in [-0.2, 0) is 0 Å². The van der Waals surface area contributed by atoms with E-state index in [0.29, 0.717) is 39.8 Å². The van der Waals surface area contributed by atoms with Crippen LogP contribution < -0.4 is 15.2 Å². The third-order valence-electron chi connectivity index (χ3n) is 4.65. The Hall–Kier alpha value is -4.58. The lowest BCUT2D eigenvalue weighted by atomic mass is 10.0. The van der Waals surface area contributed by atoms with Gasteiger partial charge >= 0.3 is 5.97 Å². The van der Waals surface area contributed by atoms with Gasteiger partial charge in [-0.3, -0.25) is 4.79 Å². The predicted octanol–water partition coefficient (Wildman–Crippen LogP) is 5.78. The monoisotopic (exact) mass is 425 g/mol. The highest BCUT2D eigenvalue weighted by atomic mass is 16.5. The molecule has 0 bridgehead atoms. The molecule has 4 aromatic rings. The lowest BCUT2D eigenvalue weighted by molar-refractivity contribution is 0.0696. The first kappa shape index (κ1) is 20.7. The van der Waals surface area contributed by atoms with Crippen LogP contribution in [0.1, 0.15) is 26.3 Å². The summed E-state index contributed by atoms with van der Waals surface area (Å²) in [6, 6.07) is 26.8. The molecule has 0 saturated heterocycles. The number of carbonyl (C=O) groups excluding carboxylic acids is 1. The van der Waals surface area contributed by atoms with Crippen LogP contribution in [0.4, 0.5) is 5.69 Å². The summed E-state index contributed by atoms with van der Waals surface area (Å²) in [5.74, 6) is 0.601. The summed E-state index contributed by atoms with van der Waals surface area (Å²) in [6.45, 7) is 0. The Labute approximate surface area is 184 Å². The number of benzene rings is 4. The van der Waals surface area contributed by atoms with Gasteiger partial charge in [0.1, 0.15) is 23.0 Å². The average Bonchev–Trinajstić information content (AvgIpc) is 2.80. The molecule has 32 heavy (non-hydrogen) atoms. The molecule has 0 spiro atoms. The normalized spacial score (nSPS) is 10.4. The van der Waals surface area contributed by atoms with E-state index in [1.54, 1.807) is 84.9 Å². The Kier molecular flexibility index (Phi) is 5.85. The quantitative estimate of drug-likeness (QED) is 0.288. The van der Waals surface area contributed by atoms with Crippen molar-refractivity contribution in [2.45, 2.75) is 0 Å². The molecule has 0 amide bonds. The molecule has 0 fully saturated rings. The van der Waals surface area contributed by atoms with Crippen LogP contribution in [0, 0.1) is 0 Å². The average molecular weight is 425 g/mol. The maximum absolute atomic E-state index is 13.1. The number of nitrogens with two attached hydrogens (primary N) is 1. The van der Waals surface area contributed by atoms with Gasteiger partial charge in [-0.25, -0.2) is 4.79 Å². The zero-order valence-corrected chi connectivity index (χ0v) is 16.9. The van der Waals surface area contributed by atoms with Gasteiger partial charge in [0.25, 0.3) is 0 Å². The van der Waals surface area contributed by atoms with E-state index in [4.69, 9.17) is 20.3 Å². The molecule has 4 rings (SSSR count). The Morgan fingerprint density at radius 3 is 2.06 bits per heavy atom. The van der Waals surface area contributed by atoms with E-state index >= 15 is 0 Å². The number of para-hydroxylation sites is 1. The molecular formula is C26H19NO5. The number of aromatic carboxylic acids is 1. The van der Waals surface area contributed by atoms with Crippen molar-refractivity contribution < 1.29 is 24.2 Å². The Morgan fingerprint density at radius 2 is 1.34 bits per heavy atom. The number of hydrogen-bond donors (Lipinski definition) is 2. The zero-order chi connectivity index (χ0) is 22.5. The van der Waals surface area contributed by atoms with E-state index in [-0.39, 0.29) is 11.3 Å². The second-order valence-corrected chi connectivity index (χ2v) is 6.96. The molecular weight excluding hydrogens is 406 g/mol. The van der Waals surface area contributed by atoms with Crippen molar-refractivity contribution in [1.82, 2.24) is 0 Å². The number of anilines is 1. The van der Waals surface area contributed by atoms with Gasteiger partial charge in [-0.2, -0.15) is 0 Å². The molecule has 0 aliphatic carbocycles. The Bertz CT molecular complexity index is 1280. The molecule has 0 unspecified atom stereocenters. The SMILES string of the molecule is Nc1cccc(Oc2ccccc2C(=O)c2ccc(Oc3cccc(C(=O)O)c3)cc2)c1. The summed E-state index contributed by atoms with van der Waals surface area (Å²) in [5.41, 5.74) is 7.38.